The number of carbonyl (C=O) groups excluding carboxylic acids is 2. The van der Waals surface area contributed by atoms with Crippen molar-refractivity contribution in [3.8, 4) is 0 Å². The van der Waals surface area contributed by atoms with Crippen LogP contribution in [-0.4, -0.2) is 11.9 Å². The van der Waals surface area contributed by atoms with Crippen LogP contribution in [0, 0.1) is 35.5 Å². The van der Waals surface area contributed by atoms with E-state index in [0.717, 1.165) is 11.8 Å². The van der Waals surface area contributed by atoms with Crippen molar-refractivity contribution in [1.29, 1.82) is 0 Å². The molecule has 1 heterocycles. The summed E-state index contributed by atoms with van der Waals surface area (Å²) in [6, 6.07) is 0. The van der Waals surface area contributed by atoms with Crippen LogP contribution in [0.1, 0.15) is 19.3 Å². The van der Waals surface area contributed by atoms with Crippen LogP contribution in [0.2, 0.25) is 0 Å². The molecule has 0 aromatic carbocycles. The van der Waals surface area contributed by atoms with Gasteiger partial charge in [0.25, 0.3) is 0 Å². The lowest BCUT2D eigenvalue weighted by Gasteiger charge is -2.47. The van der Waals surface area contributed by atoms with Gasteiger partial charge in [0.05, 0.1) is 11.8 Å². The molecule has 2 bridgehead atoms. The van der Waals surface area contributed by atoms with E-state index in [1.165, 1.54) is 19.3 Å². The molecule has 0 amide bonds. The minimum absolute atomic E-state index is 0.0391. The van der Waals surface area contributed by atoms with Crippen molar-refractivity contribution in [2.24, 2.45) is 35.5 Å². The summed E-state index contributed by atoms with van der Waals surface area (Å²) in [4.78, 5) is 22.8. The maximum atomic E-state index is 11.4. The lowest BCUT2D eigenvalue weighted by molar-refractivity contribution is -0.153. The van der Waals surface area contributed by atoms with E-state index >= 15 is 0 Å². The monoisotopic (exact) mass is 192 g/mol. The van der Waals surface area contributed by atoms with Gasteiger partial charge in [-0.05, 0) is 42.9 Å². The normalized spacial score (nSPS) is 58.0. The third-order valence-corrected chi connectivity index (χ3v) is 5.01. The minimum atomic E-state index is -0.228. The molecule has 0 spiro atoms. The zero-order valence-electron chi connectivity index (χ0n) is 7.81. The van der Waals surface area contributed by atoms with Gasteiger partial charge in [0.15, 0.2) is 0 Å². The molecule has 3 nitrogen and oxygen atoms in total. The van der Waals surface area contributed by atoms with Gasteiger partial charge in [-0.2, -0.15) is 0 Å². The van der Waals surface area contributed by atoms with Gasteiger partial charge < -0.3 is 4.74 Å². The Morgan fingerprint density at radius 1 is 0.929 bits per heavy atom. The molecule has 3 aliphatic carbocycles. The van der Waals surface area contributed by atoms with Crippen LogP contribution in [0.15, 0.2) is 0 Å². The number of carbonyl (C=O) groups is 2. The molecule has 1 saturated heterocycles. The number of hydrogen-bond donors (Lipinski definition) is 0. The van der Waals surface area contributed by atoms with Gasteiger partial charge in [-0.3, -0.25) is 9.59 Å². The third-order valence-electron chi connectivity index (χ3n) is 5.01. The lowest BCUT2D eigenvalue weighted by atomic mass is 9.53. The summed E-state index contributed by atoms with van der Waals surface area (Å²) in [5.41, 5.74) is 0. The second-order valence-corrected chi connectivity index (χ2v) is 5.28. The maximum Gasteiger partial charge on any atom is 0.317 e. The van der Waals surface area contributed by atoms with E-state index in [4.69, 9.17) is 4.74 Å². The molecule has 6 atom stereocenters. The molecule has 74 valence electrons. The Morgan fingerprint density at radius 3 is 1.93 bits per heavy atom. The summed E-state index contributed by atoms with van der Waals surface area (Å²) >= 11 is 0. The van der Waals surface area contributed by atoms with Gasteiger partial charge >= 0.3 is 11.9 Å². The van der Waals surface area contributed by atoms with E-state index in [1.54, 1.807) is 0 Å². The van der Waals surface area contributed by atoms with E-state index in [-0.39, 0.29) is 23.8 Å². The zero-order valence-corrected chi connectivity index (χ0v) is 7.81. The van der Waals surface area contributed by atoms with Crippen molar-refractivity contribution < 1.29 is 14.3 Å². The first-order valence-electron chi connectivity index (χ1n) is 5.53. The van der Waals surface area contributed by atoms with Gasteiger partial charge in [-0.15, -0.1) is 0 Å². The molecule has 4 aliphatic rings. The van der Waals surface area contributed by atoms with Crippen molar-refractivity contribution in [2.45, 2.75) is 19.3 Å². The first-order valence-corrected chi connectivity index (χ1v) is 5.53. The predicted molar refractivity (Wildman–Crippen MR) is 45.9 cm³/mol. The highest BCUT2D eigenvalue weighted by Crippen LogP contribution is 2.68. The quantitative estimate of drug-likeness (QED) is 0.424. The molecule has 14 heavy (non-hydrogen) atoms. The van der Waals surface area contributed by atoms with Crippen LogP contribution in [0.3, 0.4) is 0 Å². The fraction of sp³-hybridized carbons (Fsp3) is 0.818. The first kappa shape index (κ1) is 7.43. The second kappa shape index (κ2) is 2.05. The molecular weight excluding hydrogens is 180 g/mol. The predicted octanol–water partition coefficient (Wildman–Crippen LogP) is 0.978. The smallest absolute Gasteiger partial charge is 0.317 e. The van der Waals surface area contributed by atoms with Gasteiger partial charge in [0.2, 0.25) is 0 Å². The highest BCUT2D eigenvalue weighted by Gasteiger charge is 2.70. The Bertz CT molecular complexity index is 316. The average Bonchev–Trinajstić information content (AvgIpc) is 2.64. The topological polar surface area (TPSA) is 43.4 Å². The molecule has 0 N–H and O–H groups in total. The van der Waals surface area contributed by atoms with Crippen molar-refractivity contribution >= 4 is 11.9 Å². The maximum absolute atomic E-state index is 11.4. The van der Waals surface area contributed by atoms with Crippen molar-refractivity contribution in [3.63, 3.8) is 0 Å². The van der Waals surface area contributed by atoms with Crippen LogP contribution >= 0.6 is 0 Å². The fourth-order valence-electron chi connectivity index (χ4n) is 4.62. The highest BCUT2D eigenvalue weighted by molar-refractivity contribution is 5.98. The Labute approximate surface area is 81.8 Å². The summed E-state index contributed by atoms with van der Waals surface area (Å²) < 4.78 is 4.73. The van der Waals surface area contributed by atoms with Gasteiger partial charge in [0, 0.05) is 0 Å². The summed E-state index contributed by atoms with van der Waals surface area (Å²) in [7, 11) is 0. The van der Waals surface area contributed by atoms with Crippen LogP contribution < -0.4 is 0 Å². The SMILES string of the molecule is O=C1OC(=O)C2C1C1C3CCC(C3)C21. The Kier molecular flexibility index (Phi) is 1.09. The lowest BCUT2D eigenvalue weighted by Crippen LogP contribution is -2.51. The minimum Gasteiger partial charge on any atom is -0.393 e. The number of fused-ring (bicyclic) bond motifs is 8. The molecule has 6 unspecified atom stereocenters. The van der Waals surface area contributed by atoms with Crippen molar-refractivity contribution in [2.75, 3.05) is 0 Å². The molecule has 0 aromatic rings. The second-order valence-electron chi connectivity index (χ2n) is 5.28. The van der Waals surface area contributed by atoms with E-state index < -0.39 is 0 Å². The van der Waals surface area contributed by atoms with Crippen molar-refractivity contribution in [1.82, 2.24) is 0 Å². The molecule has 3 heteroatoms. The fourth-order valence-corrected chi connectivity index (χ4v) is 4.62. The molecule has 1 aliphatic heterocycles. The largest absolute Gasteiger partial charge is 0.393 e. The Hall–Kier alpha value is -0.860. The first-order chi connectivity index (χ1) is 6.77. The number of ether oxygens (including phenoxy) is 1. The molecule has 4 fully saturated rings. The molecule has 0 radical (unpaired) electrons. The van der Waals surface area contributed by atoms with Crippen LogP contribution in [0.4, 0.5) is 0 Å². The van der Waals surface area contributed by atoms with Crippen LogP contribution in [0.5, 0.6) is 0 Å². The van der Waals surface area contributed by atoms with Crippen molar-refractivity contribution in [3.05, 3.63) is 0 Å². The summed E-state index contributed by atoms with van der Waals surface area (Å²) in [6.45, 7) is 0. The van der Waals surface area contributed by atoms with E-state index in [1.807, 2.05) is 0 Å². The number of cyclic esters (lactones) is 2. The molecule has 3 saturated carbocycles. The molecule has 4 rings (SSSR count). The number of rotatable bonds is 0. The number of hydrogen-bond acceptors (Lipinski definition) is 3. The van der Waals surface area contributed by atoms with E-state index in [0.29, 0.717) is 11.8 Å². The van der Waals surface area contributed by atoms with E-state index in [2.05, 4.69) is 0 Å². The average molecular weight is 192 g/mol. The van der Waals surface area contributed by atoms with Crippen LogP contribution in [-0.2, 0) is 14.3 Å². The standard InChI is InChI=1S/C11H12O3/c12-10-8-6-4-1-2-5(3-4)7(6)9(8)11(13)14-10/h4-9H,1-3H2. The summed E-state index contributed by atoms with van der Waals surface area (Å²) in [5.74, 6) is 1.94. The number of esters is 2. The Balaban J connectivity index is 1.76. The summed E-state index contributed by atoms with van der Waals surface area (Å²) in [6.07, 6.45) is 3.82. The highest BCUT2D eigenvalue weighted by atomic mass is 16.6. The van der Waals surface area contributed by atoms with Gasteiger partial charge in [-0.1, -0.05) is 0 Å². The summed E-state index contributed by atoms with van der Waals surface area (Å²) in [5, 5.41) is 0. The zero-order chi connectivity index (χ0) is 9.45. The van der Waals surface area contributed by atoms with E-state index in [9.17, 15) is 9.59 Å². The third kappa shape index (κ3) is 0.588. The van der Waals surface area contributed by atoms with Crippen LogP contribution in [0.25, 0.3) is 0 Å². The van der Waals surface area contributed by atoms with Gasteiger partial charge in [0.1, 0.15) is 0 Å². The Morgan fingerprint density at radius 2 is 1.43 bits per heavy atom. The molecule has 0 aromatic heterocycles. The molecular formula is C11H12O3. The van der Waals surface area contributed by atoms with Gasteiger partial charge in [-0.25, -0.2) is 0 Å².